The van der Waals surface area contributed by atoms with Gasteiger partial charge in [-0.05, 0) is 30.6 Å². The van der Waals surface area contributed by atoms with E-state index in [1.54, 1.807) is 13.0 Å². The van der Waals surface area contributed by atoms with Crippen LogP contribution in [0.2, 0.25) is 0 Å². The van der Waals surface area contributed by atoms with Gasteiger partial charge in [0.25, 0.3) is 0 Å². The van der Waals surface area contributed by atoms with E-state index in [9.17, 15) is 13.2 Å². The van der Waals surface area contributed by atoms with Gasteiger partial charge in [0.1, 0.15) is 5.75 Å². The lowest BCUT2D eigenvalue weighted by Gasteiger charge is -2.10. The van der Waals surface area contributed by atoms with Gasteiger partial charge in [-0.3, -0.25) is 0 Å². The largest absolute Gasteiger partial charge is 0.573 e. The van der Waals surface area contributed by atoms with E-state index in [0.717, 1.165) is 10.6 Å². The fraction of sp³-hybridized carbons (Fsp3) is 0.250. The van der Waals surface area contributed by atoms with Crippen LogP contribution in [0.15, 0.2) is 29.3 Å². The number of aromatic nitrogens is 2. The lowest BCUT2D eigenvalue weighted by Crippen LogP contribution is -2.23. The van der Waals surface area contributed by atoms with Crippen LogP contribution in [-0.2, 0) is 6.54 Å². The standard InChI is InChI=1S/C12H12F3N5OS.HI/c1-7-10(22-20-19-7)6-17-11(16)18-8-3-2-4-9(5-8)21-12(13,14)15;/h2-5H,6H2,1H3,(H3,16,17,18);1H. The van der Waals surface area contributed by atoms with E-state index in [1.165, 1.54) is 29.7 Å². The van der Waals surface area contributed by atoms with Gasteiger partial charge in [0.2, 0.25) is 0 Å². The number of hydrogen-bond acceptors (Lipinski definition) is 5. The summed E-state index contributed by atoms with van der Waals surface area (Å²) in [7, 11) is 0. The first-order valence-corrected chi connectivity index (χ1v) is 6.81. The molecule has 0 saturated carbocycles. The highest BCUT2D eigenvalue weighted by atomic mass is 127. The minimum absolute atomic E-state index is 0. The summed E-state index contributed by atoms with van der Waals surface area (Å²) in [6.45, 7) is 2.09. The quantitative estimate of drug-likeness (QED) is 0.417. The lowest BCUT2D eigenvalue weighted by atomic mass is 10.3. The highest BCUT2D eigenvalue weighted by Gasteiger charge is 2.31. The van der Waals surface area contributed by atoms with E-state index in [0.29, 0.717) is 12.2 Å². The highest BCUT2D eigenvalue weighted by molar-refractivity contribution is 14.0. The van der Waals surface area contributed by atoms with Gasteiger partial charge in [0.05, 0.1) is 17.1 Å². The Bertz CT molecular complexity index is 677. The van der Waals surface area contributed by atoms with Crippen LogP contribution in [0.25, 0.3) is 0 Å². The Labute approximate surface area is 151 Å². The molecule has 3 N–H and O–H groups in total. The molecule has 2 aromatic rings. The molecule has 0 amide bonds. The molecular weight excluding hydrogens is 446 g/mol. The molecule has 0 radical (unpaired) electrons. The maximum absolute atomic E-state index is 12.1. The molecule has 11 heteroatoms. The molecule has 1 aromatic carbocycles. The van der Waals surface area contributed by atoms with Crippen molar-refractivity contribution in [2.24, 2.45) is 10.7 Å². The molecule has 0 spiro atoms. The Hall–Kier alpha value is -1.63. The van der Waals surface area contributed by atoms with Gasteiger partial charge in [0.15, 0.2) is 5.96 Å². The summed E-state index contributed by atoms with van der Waals surface area (Å²) >= 11 is 1.21. The zero-order valence-electron chi connectivity index (χ0n) is 11.8. The first-order valence-electron chi connectivity index (χ1n) is 6.04. The molecule has 23 heavy (non-hydrogen) atoms. The predicted molar refractivity (Wildman–Crippen MR) is 92.1 cm³/mol. The molecule has 6 nitrogen and oxygen atoms in total. The van der Waals surface area contributed by atoms with Crippen molar-refractivity contribution in [2.75, 3.05) is 5.32 Å². The monoisotopic (exact) mass is 459 g/mol. The van der Waals surface area contributed by atoms with Crippen molar-refractivity contribution < 1.29 is 17.9 Å². The summed E-state index contributed by atoms with van der Waals surface area (Å²) in [6, 6.07) is 5.33. The van der Waals surface area contributed by atoms with Crippen LogP contribution in [0.1, 0.15) is 10.6 Å². The summed E-state index contributed by atoms with van der Waals surface area (Å²) in [5.74, 6) is -0.273. The molecule has 1 aromatic heterocycles. The SMILES string of the molecule is Cc1nnsc1CN=C(N)Nc1cccc(OC(F)(F)F)c1.I. The Balaban J connectivity index is 0.00000264. The Kier molecular flexibility index (Phi) is 7.00. The number of nitrogens with one attached hydrogen (secondary N) is 1. The maximum atomic E-state index is 12.1. The minimum Gasteiger partial charge on any atom is -0.406 e. The van der Waals surface area contributed by atoms with Crippen molar-refractivity contribution in [3.05, 3.63) is 34.8 Å². The summed E-state index contributed by atoms with van der Waals surface area (Å²) in [5, 5.41) is 6.53. The first kappa shape index (κ1) is 19.4. The number of guanidine groups is 1. The number of alkyl halides is 3. The molecule has 0 aliphatic heterocycles. The van der Waals surface area contributed by atoms with Crippen molar-refractivity contribution >= 4 is 47.2 Å². The molecule has 2 rings (SSSR count). The van der Waals surface area contributed by atoms with Gasteiger partial charge < -0.3 is 15.8 Å². The molecule has 0 aliphatic rings. The molecule has 0 aliphatic carbocycles. The predicted octanol–water partition coefficient (Wildman–Crippen LogP) is 3.29. The number of halogens is 4. The van der Waals surface area contributed by atoms with Crippen molar-refractivity contribution in [2.45, 2.75) is 19.8 Å². The van der Waals surface area contributed by atoms with Crippen LogP contribution in [0.4, 0.5) is 18.9 Å². The number of benzene rings is 1. The number of nitrogens with zero attached hydrogens (tertiary/aromatic N) is 3. The molecule has 1 heterocycles. The Morgan fingerprint density at radius 2 is 2.17 bits per heavy atom. The van der Waals surface area contributed by atoms with Gasteiger partial charge >= 0.3 is 6.36 Å². The van der Waals surface area contributed by atoms with Crippen LogP contribution in [0.3, 0.4) is 0 Å². The molecular formula is C12H13F3IN5OS. The fourth-order valence-corrected chi connectivity index (χ4v) is 2.07. The molecule has 0 saturated heterocycles. The van der Waals surface area contributed by atoms with Crippen molar-refractivity contribution in [1.29, 1.82) is 0 Å². The zero-order chi connectivity index (χ0) is 16.2. The van der Waals surface area contributed by atoms with Crippen LogP contribution in [0, 0.1) is 6.92 Å². The van der Waals surface area contributed by atoms with E-state index in [2.05, 4.69) is 24.6 Å². The molecule has 0 atom stereocenters. The third-order valence-electron chi connectivity index (χ3n) is 2.48. The Morgan fingerprint density at radius 3 is 2.78 bits per heavy atom. The van der Waals surface area contributed by atoms with Crippen molar-refractivity contribution in [1.82, 2.24) is 9.59 Å². The molecule has 0 unspecified atom stereocenters. The van der Waals surface area contributed by atoms with E-state index >= 15 is 0 Å². The van der Waals surface area contributed by atoms with Gasteiger partial charge in [0, 0.05) is 11.8 Å². The van der Waals surface area contributed by atoms with E-state index in [1.807, 2.05) is 0 Å². The topological polar surface area (TPSA) is 85.4 Å². The third-order valence-corrected chi connectivity index (χ3v) is 3.29. The second kappa shape index (κ2) is 8.29. The normalized spacial score (nSPS) is 11.7. The van der Waals surface area contributed by atoms with Gasteiger partial charge in [-0.1, -0.05) is 10.6 Å². The van der Waals surface area contributed by atoms with Crippen LogP contribution >= 0.6 is 35.5 Å². The van der Waals surface area contributed by atoms with Crippen molar-refractivity contribution in [3.8, 4) is 5.75 Å². The summed E-state index contributed by atoms with van der Waals surface area (Å²) < 4.78 is 44.0. The maximum Gasteiger partial charge on any atom is 0.573 e. The molecule has 0 bridgehead atoms. The van der Waals surface area contributed by atoms with Crippen molar-refractivity contribution in [3.63, 3.8) is 0 Å². The second-order valence-corrected chi connectivity index (χ2v) is 5.02. The van der Waals surface area contributed by atoms with Crippen LogP contribution in [-0.4, -0.2) is 21.9 Å². The number of anilines is 1. The average Bonchev–Trinajstić information content (AvgIpc) is 2.80. The fourth-order valence-electron chi connectivity index (χ4n) is 1.51. The number of aryl methyl sites for hydroxylation is 1. The summed E-state index contributed by atoms with van der Waals surface area (Å²) in [6.07, 6.45) is -4.74. The number of aliphatic imine (C=N–C) groups is 1. The second-order valence-electron chi connectivity index (χ2n) is 4.18. The van der Waals surface area contributed by atoms with Crippen LogP contribution in [0.5, 0.6) is 5.75 Å². The van der Waals surface area contributed by atoms with Gasteiger partial charge in [-0.2, -0.15) is 0 Å². The zero-order valence-corrected chi connectivity index (χ0v) is 14.9. The van der Waals surface area contributed by atoms with Crippen LogP contribution < -0.4 is 15.8 Å². The summed E-state index contributed by atoms with van der Waals surface area (Å²) in [5.41, 5.74) is 6.79. The highest BCUT2D eigenvalue weighted by Crippen LogP contribution is 2.24. The molecule has 126 valence electrons. The number of rotatable bonds is 4. The van der Waals surface area contributed by atoms with E-state index in [-0.39, 0.29) is 35.7 Å². The first-order chi connectivity index (χ1) is 10.3. The van der Waals surface area contributed by atoms with E-state index < -0.39 is 6.36 Å². The lowest BCUT2D eigenvalue weighted by molar-refractivity contribution is -0.274. The smallest absolute Gasteiger partial charge is 0.406 e. The third kappa shape index (κ3) is 6.56. The average molecular weight is 459 g/mol. The minimum atomic E-state index is -4.74. The number of nitrogens with two attached hydrogens (primary N) is 1. The summed E-state index contributed by atoms with van der Waals surface area (Å²) in [4.78, 5) is 4.94. The number of hydrogen-bond donors (Lipinski definition) is 2. The van der Waals surface area contributed by atoms with E-state index in [4.69, 9.17) is 5.73 Å². The molecule has 0 fully saturated rings. The number of ether oxygens (including phenoxy) is 1. The van der Waals surface area contributed by atoms with Gasteiger partial charge in [-0.15, -0.1) is 42.2 Å². The van der Waals surface area contributed by atoms with Gasteiger partial charge in [-0.25, -0.2) is 4.99 Å². The Morgan fingerprint density at radius 1 is 1.43 bits per heavy atom.